The summed E-state index contributed by atoms with van der Waals surface area (Å²) in [5, 5.41) is 8.79. The van der Waals surface area contributed by atoms with E-state index in [4.69, 9.17) is 5.11 Å². The molecule has 1 N–H and O–H groups in total. The van der Waals surface area contributed by atoms with Crippen molar-refractivity contribution >= 4 is 5.97 Å². The van der Waals surface area contributed by atoms with Crippen molar-refractivity contribution in [3.05, 3.63) is 23.8 Å². The van der Waals surface area contributed by atoms with Gasteiger partial charge in [0.15, 0.2) is 0 Å². The summed E-state index contributed by atoms with van der Waals surface area (Å²) in [5.74, 6) is -0.587. The van der Waals surface area contributed by atoms with Crippen LogP contribution in [0.25, 0.3) is 0 Å². The Balaban J connectivity index is 0. The van der Waals surface area contributed by atoms with Crippen molar-refractivity contribution < 1.29 is 9.90 Å². The van der Waals surface area contributed by atoms with Crippen molar-refractivity contribution in [2.24, 2.45) is 11.8 Å². The van der Waals surface area contributed by atoms with Gasteiger partial charge in [0, 0.05) is 0 Å². The van der Waals surface area contributed by atoms with Gasteiger partial charge in [-0.3, -0.25) is 4.79 Å². The van der Waals surface area contributed by atoms with Crippen LogP contribution in [0.1, 0.15) is 60.8 Å². The summed E-state index contributed by atoms with van der Waals surface area (Å²) in [6.07, 6.45) is 9.45. The van der Waals surface area contributed by atoms with E-state index >= 15 is 0 Å². The lowest BCUT2D eigenvalue weighted by Crippen LogP contribution is -2.14. The summed E-state index contributed by atoms with van der Waals surface area (Å²) >= 11 is 0. The minimum absolute atomic E-state index is 0.249. The highest BCUT2D eigenvalue weighted by molar-refractivity contribution is 5.69. The Bertz CT molecular complexity index is 264. The minimum Gasteiger partial charge on any atom is -0.481 e. The zero-order valence-corrected chi connectivity index (χ0v) is 12.9. The topological polar surface area (TPSA) is 37.3 Å². The van der Waals surface area contributed by atoms with Crippen LogP contribution in [0.5, 0.6) is 0 Å². The van der Waals surface area contributed by atoms with Crippen LogP contribution in [0.15, 0.2) is 23.8 Å². The normalized spacial score (nSPS) is 16.2. The van der Waals surface area contributed by atoms with Crippen LogP contribution in [-0.4, -0.2) is 11.1 Å². The molecule has 0 saturated heterocycles. The van der Waals surface area contributed by atoms with Crippen LogP contribution in [-0.2, 0) is 4.79 Å². The molecule has 1 rings (SSSR count). The maximum absolute atomic E-state index is 10.7. The van der Waals surface area contributed by atoms with E-state index < -0.39 is 5.97 Å². The zero-order chi connectivity index (χ0) is 14.6. The average Bonchev–Trinajstić information content (AvgIpc) is 2.44. The summed E-state index contributed by atoms with van der Waals surface area (Å²) in [5.41, 5.74) is 1.30. The van der Waals surface area contributed by atoms with Crippen molar-refractivity contribution in [1.82, 2.24) is 0 Å². The summed E-state index contributed by atoms with van der Waals surface area (Å²) in [6, 6.07) is 0. The number of carbonyl (C=O) groups is 1. The van der Waals surface area contributed by atoms with Gasteiger partial charge in [-0.2, -0.15) is 0 Å². The number of hydrogen-bond acceptors (Lipinski definition) is 1. The molecule has 0 aromatic heterocycles. The van der Waals surface area contributed by atoms with Gasteiger partial charge in [0.2, 0.25) is 0 Å². The first kappa shape index (κ1) is 19.3. The third kappa shape index (κ3) is 8.10. The quantitative estimate of drug-likeness (QED) is 0.761. The Morgan fingerprint density at radius 2 is 1.78 bits per heavy atom. The fourth-order valence-corrected chi connectivity index (χ4v) is 1.77. The van der Waals surface area contributed by atoms with Crippen molar-refractivity contribution in [3.8, 4) is 0 Å². The minimum atomic E-state index is -0.697. The van der Waals surface area contributed by atoms with Gasteiger partial charge in [-0.1, -0.05) is 59.8 Å². The van der Waals surface area contributed by atoms with Crippen LogP contribution < -0.4 is 0 Å². The first-order chi connectivity index (χ1) is 8.61. The molecule has 0 aromatic carbocycles. The summed E-state index contributed by atoms with van der Waals surface area (Å²) in [6.45, 7) is 11.9. The molecule has 2 heteroatoms. The number of rotatable bonds is 4. The first-order valence-corrected chi connectivity index (χ1v) is 7.20. The maximum atomic E-state index is 10.7. The third-order valence-corrected chi connectivity index (χ3v) is 2.72. The highest BCUT2D eigenvalue weighted by atomic mass is 16.4. The zero-order valence-electron chi connectivity index (χ0n) is 12.9. The molecule has 1 aliphatic rings. The van der Waals surface area contributed by atoms with Crippen molar-refractivity contribution in [3.63, 3.8) is 0 Å². The Labute approximate surface area is 113 Å². The number of carboxylic acids is 1. The molecule has 106 valence electrons. The smallest absolute Gasteiger partial charge is 0.306 e. The third-order valence-electron chi connectivity index (χ3n) is 2.72. The standard InChI is InChI=1S/C12H18O2.2C2H6/c1-9(8-10(2)12(13)14)11-6-4-3-5-7-11;2*1-2/h4,6-7,9-10H,3,5,8H2,1-2H3,(H,13,14);2*1-2H3. The van der Waals surface area contributed by atoms with Gasteiger partial charge < -0.3 is 5.11 Å². The van der Waals surface area contributed by atoms with Crippen LogP contribution in [0.3, 0.4) is 0 Å². The van der Waals surface area contributed by atoms with E-state index in [2.05, 4.69) is 25.2 Å². The molecule has 0 fully saturated rings. The molecule has 2 nitrogen and oxygen atoms in total. The van der Waals surface area contributed by atoms with Crippen molar-refractivity contribution in [2.75, 3.05) is 0 Å². The van der Waals surface area contributed by atoms with Gasteiger partial charge in [-0.25, -0.2) is 0 Å². The number of hydrogen-bond donors (Lipinski definition) is 1. The molecule has 18 heavy (non-hydrogen) atoms. The molecule has 2 unspecified atom stereocenters. The lowest BCUT2D eigenvalue weighted by atomic mass is 9.88. The average molecular weight is 254 g/mol. The summed E-state index contributed by atoms with van der Waals surface area (Å²) < 4.78 is 0. The van der Waals surface area contributed by atoms with Crippen LogP contribution in [0.2, 0.25) is 0 Å². The largest absolute Gasteiger partial charge is 0.481 e. The van der Waals surface area contributed by atoms with Gasteiger partial charge in [-0.05, 0) is 30.8 Å². The van der Waals surface area contributed by atoms with E-state index in [1.807, 2.05) is 27.7 Å². The van der Waals surface area contributed by atoms with Gasteiger partial charge >= 0.3 is 5.97 Å². The van der Waals surface area contributed by atoms with Gasteiger partial charge in [0.25, 0.3) is 0 Å². The fraction of sp³-hybridized carbons (Fsp3) is 0.688. The van der Waals surface area contributed by atoms with Gasteiger partial charge in [-0.15, -0.1) is 0 Å². The molecule has 0 saturated carbocycles. The molecule has 0 amide bonds. The Morgan fingerprint density at radius 3 is 2.17 bits per heavy atom. The van der Waals surface area contributed by atoms with Crippen LogP contribution in [0, 0.1) is 11.8 Å². The Kier molecular flexibility index (Phi) is 13.3. The number of carboxylic acid groups (broad SMARTS) is 1. The fourth-order valence-electron chi connectivity index (χ4n) is 1.77. The lowest BCUT2D eigenvalue weighted by Gasteiger charge is -2.17. The SMILES string of the molecule is CC.CC.CC(CC(C)C1=CCCC=C1)C(=O)O. The summed E-state index contributed by atoms with van der Waals surface area (Å²) in [7, 11) is 0. The predicted octanol–water partition coefficient (Wildman–Crippen LogP) is 5.06. The molecule has 0 radical (unpaired) electrons. The van der Waals surface area contributed by atoms with Crippen LogP contribution >= 0.6 is 0 Å². The second-order valence-corrected chi connectivity index (χ2v) is 4.06. The van der Waals surface area contributed by atoms with E-state index in [1.54, 1.807) is 6.92 Å². The number of allylic oxidation sites excluding steroid dienone is 4. The molecule has 2 atom stereocenters. The molecular weight excluding hydrogens is 224 g/mol. The molecule has 0 aliphatic heterocycles. The molecule has 1 aliphatic carbocycles. The number of aliphatic carboxylic acids is 1. The Morgan fingerprint density at radius 1 is 1.22 bits per heavy atom. The second-order valence-electron chi connectivity index (χ2n) is 4.06. The molecule has 0 heterocycles. The lowest BCUT2D eigenvalue weighted by molar-refractivity contribution is -0.141. The van der Waals surface area contributed by atoms with E-state index in [9.17, 15) is 4.79 Å². The van der Waals surface area contributed by atoms with Crippen molar-refractivity contribution in [2.45, 2.75) is 60.8 Å². The Hall–Kier alpha value is -1.05. The molecule has 0 aromatic rings. The van der Waals surface area contributed by atoms with E-state index in [0.717, 1.165) is 19.3 Å². The summed E-state index contributed by atoms with van der Waals surface area (Å²) in [4.78, 5) is 10.7. The highest BCUT2D eigenvalue weighted by Crippen LogP contribution is 2.24. The predicted molar refractivity (Wildman–Crippen MR) is 79.7 cm³/mol. The van der Waals surface area contributed by atoms with E-state index in [1.165, 1.54) is 5.57 Å². The molecule has 0 bridgehead atoms. The van der Waals surface area contributed by atoms with E-state index in [-0.39, 0.29) is 5.92 Å². The monoisotopic (exact) mass is 254 g/mol. The molecular formula is C16H30O2. The van der Waals surface area contributed by atoms with Crippen molar-refractivity contribution in [1.29, 1.82) is 0 Å². The van der Waals surface area contributed by atoms with Gasteiger partial charge in [0.1, 0.15) is 0 Å². The molecule has 0 spiro atoms. The highest BCUT2D eigenvalue weighted by Gasteiger charge is 2.17. The van der Waals surface area contributed by atoms with Gasteiger partial charge in [0.05, 0.1) is 5.92 Å². The van der Waals surface area contributed by atoms with Crippen LogP contribution in [0.4, 0.5) is 0 Å². The first-order valence-electron chi connectivity index (χ1n) is 7.20. The maximum Gasteiger partial charge on any atom is 0.306 e. The van der Waals surface area contributed by atoms with E-state index in [0.29, 0.717) is 5.92 Å². The second kappa shape index (κ2) is 12.4.